The molecule has 31 heavy (non-hydrogen) atoms. The van der Waals surface area contributed by atoms with Crippen molar-refractivity contribution < 1.29 is 9.47 Å². The van der Waals surface area contributed by atoms with Crippen LogP contribution in [0.15, 0.2) is 42.5 Å². The van der Waals surface area contributed by atoms with Crippen LogP contribution in [0.5, 0.6) is 11.5 Å². The molecule has 3 fully saturated rings. The monoisotopic (exact) mass is 420 g/mol. The average molecular weight is 421 g/mol. The van der Waals surface area contributed by atoms with Crippen molar-refractivity contribution in [2.45, 2.75) is 63.4 Å². The number of piperidine rings is 1. The normalized spacial score (nSPS) is 20.4. The summed E-state index contributed by atoms with van der Waals surface area (Å²) in [6, 6.07) is 15.5. The summed E-state index contributed by atoms with van der Waals surface area (Å²) in [6.45, 7) is 4.46. The molecule has 0 unspecified atom stereocenters. The molecule has 0 bridgehead atoms. The van der Waals surface area contributed by atoms with Gasteiger partial charge < -0.3 is 19.3 Å². The summed E-state index contributed by atoms with van der Waals surface area (Å²) < 4.78 is 11.9. The molecule has 2 aromatic rings. The van der Waals surface area contributed by atoms with E-state index in [1.165, 1.54) is 68.6 Å². The Kier molecular flexibility index (Phi) is 6.24. The number of nitrogens with zero attached hydrogens (tertiary/aromatic N) is 2. The first-order chi connectivity index (χ1) is 15.3. The van der Waals surface area contributed by atoms with Crippen molar-refractivity contribution in [3.05, 3.63) is 48.0 Å². The molecule has 0 atom stereocenters. The van der Waals surface area contributed by atoms with E-state index < -0.39 is 0 Å². The van der Waals surface area contributed by atoms with Crippen LogP contribution in [0.1, 0.15) is 62.8 Å². The molecular weight excluding hydrogens is 384 g/mol. The third-order valence-electron chi connectivity index (χ3n) is 7.43. The summed E-state index contributed by atoms with van der Waals surface area (Å²) in [7, 11) is 1.77. The van der Waals surface area contributed by atoms with Gasteiger partial charge in [0.2, 0.25) is 0 Å². The largest absolute Gasteiger partial charge is 0.497 e. The second-order valence-electron chi connectivity index (χ2n) is 9.40. The van der Waals surface area contributed by atoms with Crippen molar-refractivity contribution in [2.24, 2.45) is 0 Å². The van der Waals surface area contributed by atoms with Gasteiger partial charge in [0.05, 0.1) is 7.11 Å². The van der Waals surface area contributed by atoms with E-state index in [4.69, 9.17) is 9.47 Å². The number of ether oxygens (including phenoxy) is 2. The molecule has 1 saturated carbocycles. The Morgan fingerprint density at radius 1 is 0.710 bits per heavy atom. The molecule has 1 aliphatic carbocycles. The number of hydrogen-bond acceptors (Lipinski definition) is 4. The summed E-state index contributed by atoms with van der Waals surface area (Å²) in [5.74, 6) is 2.69. The molecule has 2 heterocycles. The maximum atomic E-state index is 6.36. The second-order valence-corrected chi connectivity index (χ2v) is 9.40. The summed E-state index contributed by atoms with van der Waals surface area (Å²) in [4.78, 5) is 5.03. The topological polar surface area (TPSA) is 24.9 Å². The number of anilines is 2. The van der Waals surface area contributed by atoms with Crippen LogP contribution in [0.4, 0.5) is 11.4 Å². The molecular formula is C27H36N2O2. The molecule has 0 radical (unpaired) electrons. The van der Waals surface area contributed by atoms with E-state index in [1.54, 1.807) is 7.11 Å². The lowest BCUT2D eigenvalue weighted by atomic mass is 9.94. The summed E-state index contributed by atoms with van der Waals surface area (Å²) in [5.41, 5.74) is 4.24. The SMILES string of the molecule is COc1ccc(C2CCCC2)c(N2CCC(Oc3ccc(N4CCCC4)cc3)CC2)c1. The van der Waals surface area contributed by atoms with E-state index in [0.717, 1.165) is 37.4 Å². The highest BCUT2D eigenvalue weighted by Gasteiger charge is 2.26. The van der Waals surface area contributed by atoms with Crippen molar-refractivity contribution in [3.63, 3.8) is 0 Å². The smallest absolute Gasteiger partial charge is 0.120 e. The predicted molar refractivity (Wildman–Crippen MR) is 128 cm³/mol. The van der Waals surface area contributed by atoms with E-state index in [0.29, 0.717) is 12.0 Å². The van der Waals surface area contributed by atoms with Gasteiger partial charge in [-0.3, -0.25) is 0 Å². The zero-order valence-electron chi connectivity index (χ0n) is 18.9. The Morgan fingerprint density at radius 2 is 1.39 bits per heavy atom. The molecule has 2 aromatic carbocycles. The third kappa shape index (κ3) is 4.63. The lowest BCUT2D eigenvalue weighted by molar-refractivity contribution is 0.171. The fourth-order valence-corrected chi connectivity index (χ4v) is 5.62. The quantitative estimate of drug-likeness (QED) is 0.572. The van der Waals surface area contributed by atoms with Gasteiger partial charge in [-0.2, -0.15) is 0 Å². The fourth-order valence-electron chi connectivity index (χ4n) is 5.62. The summed E-state index contributed by atoms with van der Waals surface area (Å²) in [6.07, 6.45) is 10.4. The molecule has 2 saturated heterocycles. The van der Waals surface area contributed by atoms with E-state index >= 15 is 0 Å². The summed E-state index contributed by atoms with van der Waals surface area (Å²) >= 11 is 0. The van der Waals surface area contributed by atoms with Gasteiger partial charge in [-0.05, 0) is 67.5 Å². The van der Waals surface area contributed by atoms with Crippen LogP contribution in [0.2, 0.25) is 0 Å². The minimum absolute atomic E-state index is 0.300. The molecule has 5 rings (SSSR count). The standard InChI is InChI=1S/C27H36N2O2/c1-30-25-12-13-26(21-6-2-3-7-21)27(20-25)29-18-14-24(15-19-29)31-23-10-8-22(9-11-23)28-16-4-5-17-28/h8-13,20-21,24H,2-7,14-19H2,1H3. The van der Waals surface area contributed by atoms with E-state index in [1.807, 2.05) is 0 Å². The number of hydrogen-bond donors (Lipinski definition) is 0. The van der Waals surface area contributed by atoms with E-state index in [9.17, 15) is 0 Å². The molecule has 3 aliphatic rings. The second kappa shape index (κ2) is 9.42. The first kappa shape index (κ1) is 20.5. The Morgan fingerprint density at radius 3 is 2.06 bits per heavy atom. The summed E-state index contributed by atoms with van der Waals surface area (Å²) in [5, 5.41) is 0. The van der Waals surface area contributed by atoms with Crippen molar-refractivity contribution >= 4 is 11.4 Å². The van der Waals surface area contributed by atoms with Crippen LogP contribution < -0.4 is 19.3 Å². The average Bonchev–Trinajstić information content (AvgIpc) is 3.54. The highest BCUT2D eigenvalue weighted by Crippen LogP contribution is 2.41. The molecule has 4 heteroatoms. The predicted octanol–water partition coefficient (Wildman–Crippen LogP) is 6.00. The molecule has 2 aliphatic heterocycles. The highest BCUT2D eigenvalue weighted by atomic mass is 16.5. The highest BCUT2D eigenvalue weighted by molar-refractivity contribution is 5.59. The van der Waals surface area contributed by atoms with Crippen molar-refractivity contribution in [1.82, 2.24) is 0 Å². The third-order valence-corrected chi connectivity index (χ3v) is 7.43. The molecule has 0 spiro atoms. The Bertz CT molecular complexity index is 846. The maximum absolute atomic E-state index is 6.36. The molecule has 0 aromatic heterocycles. The van der Waals surface area contributed by atoms with Crippen molar-refractivity contribution in [3.8, 4) is 11.5 Å². The number of benzene rings is 2. The van der Waals surface area contributed by atoms with Gasteiger partial charge in [0.25, 0.3) is 0 Å². The first-order valence-corrected chi connectivity index (χ1v) is 12.2. The molecule has 0 amide bonds. The Labute approximate surface area is 187 Å². The van der Waals surface area contributed by atoms with E-state index in [-0.39, 0.29) is 0 Å². The number of rotatable bonds is 6. The van der Waals surface area contributed by atoms with Crippen molar-refractivity contribution in [2.75, 3.05) is 43.1 Å². The van der Waals surface area contributed by atoms with Gasteiger partial charge in [0.15, 0.2) is 0 Å². The van der Waals surface area contributed by atoms with Gasteiger partial charge in [0.1, 0.15) is 17.6 Å². The van der Waals surface area contributed by atoms with Gasteiger partial charge >= 0.3 is 0 Å². The van der Waals surface area contributed by atoms with Crippen LogP contribution in [0.3, 0.4) is 0 Å². The van der Waals surface area contributed by atoms with Crippen LogP contribution in [0, 0.1) is 0 Å². The Hall–Kier alpha value is -2.36. The van der Waals surface area contributed by atoms with Crippen LogP contribution in [-0.2, 0) is 0 Å². The van der Waals surface area contributed by atoms with Gasteiger partial charge in [-0.15, -0.1) is 0 Å². The maximum Gasteiger partial charge on any atom is 0.120 e. The van der Waals surface area contributed by atoms with Gasteiger partial charge in [-0.1, -0.05) is 18.9 Å². The minimum Gasteiger partial charge on any atom is -0.497 e. The zero-order chi connectivity index (χ0) is 21.0. The molecule has 166 valence electrons. The minimum atomic E-state index is 0.300. The first-order valence-electron chi connectivity index (χ1n) is 12.2. The lowest BCUT2D eigenvalue weighted by Crippen LogP contribution is -2.38. The van der Waals surface area contributed by atoms with Crippen LogP contribution in [-0.4, -0.2) is 39.4 Å². The zero-order valence-corrected chi connectivity index (χ0v) is 18.9. The number of methoxy groups -OCH3 is 1. The van der Waals surface area contributed by atoms with E-state index in [2.05, 4.69) is 52.3 Å². The van der Waals surface area contributed by atoms with Crippen LogP contribution in [0.25, 0.3) is 0 Å². The molecule has 4 nitrogen and oxygen atoms in total. The molecule has 0 N–H and O–H groups in total. The van der Waals surface area contributed by atoms with Crippen molar-refractivity contribution in [1.29, 1.82) is 0 Å². The van der Waals surface area contributed by atoms with Crippen LogP contribution >= 0.6 is 0 Å². The fraction of sp³-hybridized carbons (Fsp3) is 0.556. The lowest BCUT2D eigenvalue weighted by Gasteiger charge is -2.36. The van der Waals surface area contributed by atoms with Gasteiger partial charge in [-0.25, -0.2) is 0 Å². The Balaban J connectivity index is 1.21. The van der Waals surface area contributed by atoms with Gasteiger partial charge in [0, 0.05) is 56.5 Å².